The molecule has 6 nitrogen and oxygen atoms in total. The van der Waals surface area contributed by atoms with E-state index >= 15 is 0 Å². The molecule has 0 saturated heterocycles. The minimum Gasteiger partial charge on any atom is -0.478 e. The van der Waals surface area contributed by atoms with E-state index in [1.165, 1.54) is 13.0 Å². The van der Waals surface area contributed by atoms with Crippen LogP contribution in [0.3, 0.4) is 0 Å². The lowest BCUT2D eigenvalue weighted by atomic mass is 10.2. The number of carbonyl (C=O) groups is 1. The van der Waals surface area contributed by atoms with Gasteiger partial charge in [-0.25, -0.2) is 4.79 Å². The number of hydrogen-bond donors (Lipinski definition) is 2. The predicted octanol–water partition coefficient (Wildman–Crippen LogP) is 2.13. The maximum atomic E-state index is 13.0. The third-order valence-corrected chi connectivity index (χ3v) is 1.82. The number of carboxylic acids is 1. The van der Waals surface area contributed by atoms with Crippen LogP contribution in [-0.2, 0) is 4.79 Å². The van der Waals surface area contributed by atoms with Crippen molar-refractivity contribution in [1.29, 1.82) is 0 Å². The molecule has 1 aromatic carbocycles. The fourth-order valence-electron chi connectivity index (χ4n) is 1.18. The molecule has 0 aromatic heterocycles. The number of nitro groups is 1. The van der Waals surface area contributed by atoms with Crippen molar-refractivity contribution in [3.05, 3.63) is 45.9 Å². The quantitative estimate of drug-likeness (QED) is 0.477. The van der Waals surface area contributed by atoms with E-state index in [1.807, 2.05) is 0 Å². The molecule has 0 spiro atoms. The number of nitrogens with zero attached hydrogens (tertiary/aromatic N) is 1. The molecule has 0 heterocycles. The second-order valence-corrected chi connectivity index (χ2v) is 3.21. The molecule has 7 heteroatoms. The largest absolute Gasteiger partial charge is 0.478 e. The molecule has 17 heavy (non-hydrogen) atoms. The Kier molecular flexibility index (Phi) is 3.76. The highest BCUT2D eigenvalue weighted by molar-refractivity contribution is 5.81. The molecule has 0 saturated carbocycles. The molecule has 1 aromatic rings. The van der Waals surface area contributed by atoms with Crippen LogP contribution in [0.15, 0.2) is 30.0 Å². The lowest BCUT2D eigenvalue weighted by molar-refractivity contribution is -0.387. The first kappa shape index (κ1) is 12.6. The fourth-order valence-corrected chi connectivity index (χ4v) is 1.18. The van der Waals surface area contributed by atoms with Crippen molar-refractivity contribution in [3.8, 4) is 0 Å². The summed E-state index contributed by atoms with van der Waals surface area (Å²) in [4.78, 5) is 20.0. The van der Waals surface area contributed by atoms with Gasteiger partial charge in [-0.2, -0.15) is 4.39 Å². The molecule has 0 aliphatic heterocycles. The molecule has 1 rings (SSSR count). The van der Waals surface area contributed by atoms with Gasteiger partial charge in [0.1, 0.15) is 0 Å². The second kappa shape index (κ2) is 5.06. The number of anilines is 1. The van der Waals surface area contributed by atoms with Crippen LogP contribution in [0.4, 0.5) is 15.8 Å². The number of nitrogens with one attached hydrogen (secondary N) is 1. The molecular weight excluding hydrogens is 231 g/mol. The third-order valence-electron chi connectivity index (χ3n) is 1.82. The van der Waals surface area contributed by atoms with E-state index in [4.69, 9.17) is 5.11 Å². The molecule has 0 aliphatic carbocycles. The van der Waals surface area contributed by atoms with Crippen LogP contribution in [0.25, 0.3) is 0 Å². The van der Waals surface area contributed by atoms with E-state index in [0.29, 0.717) is 0 Å². The summed E-state index contributed by atoms with van der Waals surface area (Å²) in [6, 6.07) is 3.21. The summed E-state index contributed by atoms with van der Waals surface area (Å²) in [5.74, 6) is -2.09. The summed E-state index contributed by atoms with van der Waals surface area (Å²) < 4.78 is 13.0. The summed E-state index contributed by atoms with van der Waals surface area (Å²) in [6.07, 6.45) is 0.898. The van der Waals surface area contributed by atoms with Crippen LogP contribution >= 0.6 is 0 Å². The van der Waals surface area contributed by atoms with Gasteiger partial charge in [-0.05, 0) is 19.1 Å². The molecule has 2 N–H and O–H groups in total. The Hall–Kier alpha value is -2.44. The van der Waals surface area contributed by atoms with Gasteiger partial charge >= 0.3 is 11.7 Å². The van der Waals surface area contributed by atoms with Gasteiger partial charge in [0.15, 0.2) is 0 Å². The first-order chi connectivity index (χ1) is 7.90. The van der Waals surface area contributed by atoms with Gasteiger partial charge in [0.05, 0.1) is 4.92 Å². The van der Waals surface area contributed by atoms with Crippen molar-refractivity contribution in [2.45, 2.75) is 6.92 Å². The van der Waals surface area contributed by atoms with Crippen LogP contribution in [0.2, 0.25) is 0 Å². The smallest absolute Gasteiger partial charge is 0.330 e. The standard InChI is InChI=1S/C10H9FN2O4/c1-6(4-10(14)15)12-7-2-3-8(11)9(5-7)13(16)17/h2-5,12H,1H3,(H,14,15)/b6-4-. The number of benzene rings is 1. The average molecular weight is 240 g/mol. The van der Waals surface area contributed by atoms with E-state index in [9.17, 15) is 19.3 Å². The summed E-state index contributed by atoms with van der Waals surface area (Å²) in [6.45, 7) is 1.48. The monoisotopic (exact) mass is 240 g/mol. The van der Waals surface area contributed by atoms with Crippen LogP contribution in [-0.4, -0.2) is 16.0 Å². The number of halogens is 1. The van der Waals surface area contributed by atoms with Gasteiger partial charge in [0.25, 0.3) is 0 Å². The van der Waals surface area contributed by atoms with Crippen molar-refractivity contribution >= 4 is 17.3 Å². The van der Waals surface area contributed by atoms with Crippen molar-refractivity contribution in [1.82, 2.24) is 0 Å². The molecule has 0 amide bonds. The summed E-state index contributed by atoms with van der Waals surface area (Å²) in [7, 11) is 0. The Balaban J connectivity index is 2.97. The van der Waals surface area contributed by atoms with Crippen LogP contribution in [0.5, 0.6) is 0 Å². The maximum absolute atomic E-state index is 13.0. The lowest BCUT2D eigenvalue weighted by Gasteiger charge is -2.05. The van der Waals surface area contributed by atoms with Gasteiger partial charge in [0.2, 0.25) is 5.82 Å². The third kappa shape index (κ3) is 3.56. The Morgan fingerprint density at radius 2 is 2.24 bits per heavy atom. The number of rotatable bonds is 4. The highest BCUT2D eigenvalue weighted by atomic mass is 19.1. The molecule has 0 atom stereocenters. The normalized spacial score (nSPS) is 11.1. The van der Waals surface area contributed by atoms with Crippen molar-refractivity contribution in [3.63, 3.8) is 0 Å². The zero-order valence-corrected chi connectivity index (χ0v) is 8.81. The molecule has 0 radical (unpaired) electrons. The van der Waals surface area contributed by atoms with E-state index in [0.717, 1.165) is 18.2 Å². The average Bonchev–Trinajstić information content (AvgIpc) is 2.19. The van der Waals surface area contributed by atoms with E-state index < -0.39 is 22.4 Å². The fraction of sp³-hybridized carbons (Fsp3) is 0.100. The molecule has 0 unspecified atom stereocenters. The molecule has 0 bridgehead atoms. The Morgan fingerprint density at radius 1 is 1.59 bits per heavy atom. The summed E-state index contributed by atoms with van der Waals surface area (Å²) in [5.41, 5.74) is -0.148. The molecule has 0 fully saturated rings. The van der Waals surface area contributed by atoms with Crippen LogP contribution < -0.4 is 5.32 Å². The predicted molar refractivity (Wildman–Crippen MR) is 58.1 cm³/mol. The van der Waals surface area contributed by atoms with Crippen LogP contribution in [0, 0.1) is 15.9 Å². The minimum atomic E-state index is -1.15. The van der Waals surface area contributed by atoms with E-state index in [1.54, 1.807) is 0 Å². The summed E-state index contributed by atoms with van der Waals surface area (Å²) >= 11 is 0. The Morgan fingerprint density at radius 3 is 2.76 bits per heavy atom. The first-order valence-electron chi connectivity index (χ1n) is 4.52. The highest BCUT2D eigenvalue weighted by Crippen LogP contribution is 2.22. The van der Waals surface area contributed by atoms with Gasteiger partial charge in [-0.15, -0.1) is 0 Å². The summed E-state index contributed by atoms with van der Waals surface area (Å²) in [5, 5.41) is 21.5. The van der Waals surface area contributed by atoms with Crippen molar-refractivity contribution in [2.24, 2.45) is 0 Å². The van der Waals surface area contributed by atoms with Crippen LogP contribution in [0.1, 0.15) is 6.92 Å². The van der Waals surface area contributed by atoms with Gasteiger partial charge < -0.3 is 10.4 Å². The second-order valence-electron chi connectivity index (χ2n) is 3.21. The topological polar surface area (TPSA) is 92.5 Å². The minimum absolute atomic E-state index is 0.244. The molecular formula is C10H9FN2O4. The number of aliphatic carboxylic acids is 1. The molecule has 0 aliphatic rings. The number of allylic oxidation sites excluding steroid dienone is 1. The highest BCUT2D eigenvalue weighted by Gasteiger charge is 2.14. The lowest BCUT2D eigenvalue weighted by Crippen LogP contribution is -2.01. The number of carboxylic acid groups (broad SMARTS) is 1. The molecule has 90 valence electrons. The van der Waals surface area contributed by atoms with E-state index in [-0.39, 0.29) is 11.4 Å². The van der Waals surface area contributed by atoms with Crippen molar-refractivity contribution < 1.29 is 19.2 Å². The zero-order chi connectivity index (χ0) is 13.0. The number of hydrogen-bond acceptors (Lipinski definition) is 4. The van der Waals surface area contributed by atoms with Gasteiger partial charge in [-0.1, -0.05) is 0 Å². The zero-order valence-electron chi connectivity index (χ0n) is 8.81. The van der Waals surface area contributed by atoms with Crippen molar-refractivity contribution in [2.75, 3.05) is 5.32 Å². The SMILES string of the molecule is C/C(=C/C(=O)O)Nc1ccc(F)c([N+](=O)[O-])c1. The Labute approximate surface area is 95.5 Å². The number of nitro benzene ring substituents is 1. The van der Waals surface area contributed by atoms with Gasteiger partial charge in [-0.3, -0.25) is 10.1 Å². The van der Waals surface area contributed by atoms with E-state index in [2.05, 4.69) is 5.32 Å². The van der Waals surface area contributed by atoms with Gasteiger partial charge in [0, 0.05) is 23.5 Å². The Bertz CT molecular complexity index is 499. The first-order valence-corrected chi connectivity index (χ1v) is 4.52. The maximum Gasteiger partial charge on any atom is 0.330 e.